The lowest BCUT2D eigenvalue weighted by atomic mass is 10.1. The minimum absolute atomic E-state index is 0.0757. The van der Waals surface area contributed by atoms with Gasteiger partial charge in [-0.05, 0) is 41.6 Å². The number of hydrogen-bond acceptors (Lipinski definition) is 3. The Kier molecular flexibility index (Phi) is 2.88. The number of benzene rings is 1. The summed E-state index contributed by atoms with van der Waals surface area (Å²) in [5.74, 6) is -0.0757. The molecule has 1 rings (SSSR count). The van der Waals surface area contributed by atoms with E-state index >= 15 is 0 Å². The fraction of sp³-hybridized carbons (Fsp3) is 0.111. The van der Waals surface area contributed by atoms with E-state index in [1.807, 2.05) is 28.7 Å². The predicted octanol–water partition coefficient (Wildman–Crippen LogP) is 1.95. The number of carbonyl (C=O) groups excluding carboxylic acids is 1. The van der Waals surface area contributed by atoms with Gasteiger partial charge in [0, 0.05) is 14.8 Å². The van der Waals surface area contributed by atoms with Gasteiger partial charge in [-0.25, -0.2) is 0 Å². The molecule has 66 valence electrons. The largest absolute Gasteiger partial charge is 0.398 e. The van der Waals surface area contributed by atoms with Crippen LogP contribution in [-0.4, -0.2) is 5.78 Å². The number of Topliss-reactive ketones (excluding diaryl/α,β-unsaturated/α-hetero) is 1. The van der Waals surface area contributed by atoms with E-state index in [0.717, 1.165) is 0 Å². The maximum Gasteiger partial charge on any atom is 0.160 e. The number of carbonyl (C=O) groups is 1. The van der Waals surface area contributed by atoms with Crippen molar-refractivity contribution in [2.75, 3.05) is 5.73 Å². The number of ketones is 1. The second-order valence-corrected chi connectivity index (χ2v) is 3.67. The molecule has 0 fully saturated rings. The van der Waals surface area contributed by atoms with E-state index in [4.69, 9.17) is 11.0 Å². The molecule has 1 aromatic carbocycles. The number of nitrogens with zero attached hydrogens (tertiary/aromatic N) is 1. The molecule has 0 atom stereocenters. The summed E-state index contributed by atoms with van der Waals surface area (Å²) in [6.07, 6.45) is 0. The Hall–Kier alpha value is -1.09. The van der Waals surface area contributed by atoms with Crippen LogP contribution in [0.5, 0.6) is 0 Å². The van der Waals surface area contributed by atoms with Crippen LogP contribution in [0.25, 0.3) is 0 Å². The molecular formula is C9H7IN2O. The maximum atomic E-state index is 11.1. The molecule has 0 amide bonds. The van der Waals surface area contributed by atoms with Crippen LogP contribution < -0.4 is 5.73 Å². The van der Waals surface area contributed by atoms with Crippen LogP contribution in [0, 0.1) is 14.9 Å². The highest BCUT2D eigenvalue weighted by Crippen LogP contribution is 2.21. The first kappa shape index (κ1) is 9.99. The highest BCUT2D eigenvalue weighted by molar-refractivity contribution is 14.1. The Morgan fingerprint density at radius 1 is 1.62 bits per heavy atom. The Bertz CT molecular complexity index is 407. The van der Waals surface area contributed by atoms with Gasteiger partial charge in [-0.1, -0.05) is 0 Å². The molecule has 3 nitrogen and oxygen atoms in total. The van der Waals surface area contributed by atoms with Gasteiger partial charge in [-0.15, -0.1) is 0 Å². The molecule has 0 saturated heterocycles. The van der Waals surface area contributed by atoms with E-state index in [1.165, 1.54) is 6.92 Å². The average Bonchev–Trinajstić information content (AvgIpc) is 2.09. The topological polar surface area (TPSA) is 66.9 Å². The quantitative estimate of drug-likeness (QED) is 0.487. The summed E-state index contributed by atoms with van der Waals surface area (Å²) >= 11 is 2.00. The van der Waals surface area contributed by atoms with Crippen molar-refractivity contribution < 1.29 is 4.79 Å². The summed E-state index contributed by atoms with van der Waals surface area (Å²) < 4.78 is 0.712. The number of nitriles is 1. The van der Waals surface area contributed by atoms with E-state index in [9.17, 15) is 4.79 Å². The third-order valence-corrected chi connectivity index (χ3v) is 2.81. The van der Waals surface area contributed by atoms with Crippen molar-refractivity contribution >= 4 is 34.1 Å². The first-order valence-electron chi connectivity index (χ1n) is 3.56. The Balaban J connectivity index is 3.44. The zero-order valence-electron chi connectivity index (χ0n) is 6.97. The second kappa shape index (κ2) is 3.75. The summed E-state index contributed by atoms with van der Waals surface area (Å²) in [5, 5.41) is 8.64. The predicted molar refractivity (Wildman–Crippen MR) is 58.3 cm³/mol. The molecule has 0 aromatic heterocycles. The summed E-state index contributed by atoms with van der Waals surface area (Å²) in [6.45, 7) is 1.46. The van der Waals surface area contributed by atoms with Crippen molar-refractivity contribution in [3.63, 3.8) is 0 Å². The smallest absolute Gasteiger partial charge is 0.160 e. The molecule has 0 aliphatic rings. The summed E-state index contributed by atoms with van der Waals surface area (Å²) in [7, 11) is 0. The van der Waals surface area contributed by atoms with Crippen LogP contribution >= 0.6 is 22.6 Å². The van der Waals surface area contributed by atoms with Crippen LogP contribution in [0.15, 0.2) is 12.1 Å². The molecule has 0 aliphatic heterocycles. The first-order valence-corrected chi connectivity index (χ1v) is 4.64. The molecule has 0 saturated carbocycles. The Morgan fingerprint density at radius 2 is 2.23 bits per heavy atom. The zero-order valence-corrected chi connectivity index (χ0v) is 9.12. The number of anilines is 1. The molecule has 0 spiro atoms. The van der Waals surface area contributed by atoms with Crippen molar-refractivity contribution in [1.82, 2.24) is 0 Å². The molecule has 4 heteroatoms. The minimum atomic E-state index is -0.0757. The summed E-state index contributed by atoms with van der Waals surface area (Å²) in [4.78, 5) is 11.1. The highest BCUT2D eigenvalue weighted by atomic mass is 127. The third kappa shape index (κ3) is 1.98. The van der Waals surface area contributed by atoms with Crippen LogP contribution in [-0.2, 0) is 0 Å². The van der Waals surface area contributed by atoms with Crippen molar-refractivity contribution in [2.24, 2.45) is 0 Å². The SMILES string of the molecule is CC(=O)c1cc(C#N)cc(N)c1I. The second-order valence-electron chi connectivity index (χ2n) is 2.60. The molecule has 0 unspecified atom stereocenters. The lowest BCUT2D eigenvalue weighted by molar-refractivity contribution is 0.101. The lowest BCUT2D eigenvalue weighted by Gasteiger charge is -2.03. The maximum absolute atomic E-state index is 11.1. The average molecular weight is 286 g/mol. The van der Waals surface area contributed by atoms with E-state index in [2.05, 4.69) is 0 Å². The van der Waals surface area contributed by atoms with Crippen LogP contribution in [0.1, 0.15) is 22.8 Å². The van der Waals surface area contributed by atoms with Crippen molar-refractivity contribution in [3.05, 3.63) is 26.8 Å². The summed E-state index contributed by atoms with van der Waals surface area (Å²) in [6, 6.07) is 5.07. The van der Waals surface area contributed by atoms with Gasteiger partial charge in [-0.2, -0.15) is 5.26 Å². The number of halogens is 1. The standard InChI is InChI=1S/C9H7IN2O/c1-5(13)7-2-6(4-11)3-8(12)9(7)10/h2-3H,12H2,1H3. The van der Waals surface area contributed by atoms with Gasteiger partial charge < -0.3 is 5.73 Å². The van der Waals surface area contributed by atoms with Gasteiger partial charge in [0.25, 0.3) is 0 Å². The number of nitrogens with two attached hydrogens (primary N) is 1. The first-order chi connectivity index (χ1) is 6.06. The molecule has 0 aliphatic carbocycles. The van der Waals surface area contributed by atoms with E-state index in [0.29, 0.717) is 20.4 Å². The van der Waals surface area contributed by atoms with Crippen LogP contribution in [0.3, 0.4) is 0 Å². The molecular weight excluding hydrogens is 279 g/mol. The minimum Gasteiger partial charge on any atom is -0.398 e. The van der Waals surface area contributed by atoms with Gasteiger partial charge >= 0.3 is 0 Å². The van der Waals surface area contributed by atoms with Gasteiger partial charge in [0.1, 0.15) is 0 Å². The summed E-state index contributed by atoms with van der Waals surface area (Å²) in [5.41, 5.74) is 7.03. The number of nitrogen functional groups attached to an aromatic ring is 1. The fourth-order valence-corrected chi connectivity index (χ4v) is 1.66. The van der Waals surface area contributed by atoms with Gasteiger partial charge in [0.05, 0.1) is 11.6 Å². The van der Waals surface area contributed by atoms with E-state index in [1.54, 1.807) is 12.1 Å². The van der Waals surface area contributed by atoms with Crippen LogP contribution in [0.4, 0.5) is 5.69 Å². The molecule has 1 aromatic rings. The third-order valence-electron chi connectivity index (χ3n) is 1.61. The fourth-order valence-electron chi connectivity index (χ4n) is 0.968. The molecule has 0 bridgehead atoms. The van der Waals surface area contributed by atoms with Crippen molar-refractivity contribution in [1.29, 1.82) is 5.26 Å². The zero-order chi connectivity index (χ0) is 10.0. The Labute approximate surface area is 89.7 Å². The highest BCUT2D eigenvalue weighted by Gasteiger charge is 2.09. The number of rotatable bonds is 1. The molecule has 0 heterocycles. The molecule has 13 heavy (non-hydrogen) atoms. The van der Waals surface area contributed by atoms with Crippen molar-refractivity contribution in [2.45, 2.75) is 6.92 Å². The normalized spacial score (nSPS) is 9.31. The van der Waals surface area contributed by atoms with Gasteiger partial charge in [0.2, 0.25) is 0 Å². The van der Waals surface area contributed by atoms with Crippen LogP contribution in [0.2, 0.25) is 0 Å². The Morgan fingerprint density at radius 3 is 2.69 bits per heavy atom. The molecule has 0 radical (unpaired) electrons. The van der Waals surface area contributed by atoms with Gasteiger partial charge in [0.15, 0.2) is 5.78 Å². The number of hydrogen-bond donors (Lipinski definition) is 1. The van der Waals surface area contributed by atoms with Gasteiger partial charge in [-0.3, -0.25) is 4.79 Å². The molecule has 2 N–H and O–H groups in total. The van der Waals surface area contributed by atoms with E-state index < -0.39 is 0 Å². The monoisotopic (exact) mass is 286 g/mol. The van der Waals surface area contributed by atoms with E-state index in [-0.39, 0.29) is 5.78 Å². The lowest BCUT2D eigenvalue weighted by Crippen LogP contribution is -2.01. The van der Waals surface area contributed by atoms with Crippen molar-refractivity contribution in [3.8, 4) is 6.07 Å².